The highest BCUT2D eigenvalue weighted by Crippen LogP contribution is 2.18. The van der Waals surface area contributed by atoms with Gasteiger partial charge in [0, 0.05) is 23.8 Å². The van der Waals surface area contributed by atoms with Gasteiger partial charge in [-0.05, 0) is 45.0 Å². The first-order valence-electron chi connectivity index (χ1n) is 5.54. The van der Waals surface area contributed by atoms with E-state index in [4.69, 9.17) is 0 Å². The zero-order valence-corrected chi connectivity index (χ0v) is 10.2. The number of benzene rings is 1. The summed E-state index contributed by atoms with van der Waals surface area (Å²) in [6.07, 6.45) is 1.89. The Kier molecular flexibility index (Phi) is 4.29. The fraction of sp³-hybridized carbons (Fsp3) is 0.357. The Labute approximate surface area is 97.6 Å². The number of ketones is 1. The molecule has 1 aromatic rings. The van der Waals surface area contributed by atoms with Crippen molar-refractivity contribution in [1.29, 1.82) is 0 Å². The number of carbonyl (C=O) groups excluding carboxylic acids is 1. The number of anilines is 1. The maximum Gasteiger partial charge on any atom is 0.159 e. The van der Waals surface area contributed by atoms with Crippen molar-refractivity contribution >= 4 is 11.5 Å². The number of Topliss-reactive ketones (excluding diaryl/α,β-unsaturated/α-hetero) is 1. The van der Waals surface area contributed by atoms with E-state index in [0.29, 0.717) is 6.04 Å². The minimum absolute atomic E-state index is 0.103. The second-order valence-electron chi connectivity index (χ2n) is 4.14. The van der Waals surface area contributed by atoms with Gasteiger partial charge in [-0.15, -0.1) is 6.58 Å². The Balaban J connectivity index is 2.93. The molecule has 1 rings (SSSR count). The zero-order chi connectivity index (χ0) is 12.1. The van der Waals surface area contributed by atoms with Crippen LogP contribution in [0.3, 0.4) is 0 Å². The molecule has 0 heterocycles. The van der Waals surface area contributed by atoms with Crippen LogP contribution in [0, 0.1) is 0 Å². The van der Waals surface area contributed by atoms with Gasteiger partial charge in [0.15, 0.2) is 5.78 Å². The van der Waals surface area contributed by atoms with Crippen LogP contribution in [0.5, 0.6) is 0 Å². The third-order valence-corrected chi connectivity index (χ3v) is 2.55. The van der Waals surface area contributed by atoms with Gasteiger partial charge in [0.2, 0.25) is 0 Å². The minimum atomic E-state index is 0.103. The molecule has 0 unspecified atom stereocenters. The van der Waals surface area contributed by atoms with Crippen molar-refractivity contribution in [3.05, 3.63) is 42.5 Å². The Hall–Kier alpha value is -1.57. The third-order valence-electron chi connectivity index (χ3n) is 2.55. The molecule has 0 fully saturated rings. The van der Waals surface area contributed by atoms with Crippen molar-refractivity contribution in [1.82, 2.24) is 0 Å². The molecule has 0 bridgehead atoms. The summed E-state index contributed by atoms with van der Waals surface area (Å²) in [5, 5.41) is 0. The van der Waals surface area contributed by atoms with Gasteiger partial charge in [-0.3, -0.25) is 4.79 Å². The highest BCUT2D eigenvalue weighted by Gasteiger charge is 2.08. The van der Waals surface area contributed by atoms with Gasteiger partial charge in [0.05, 0.1) is 0 Å². The second kappa shape index (κ2) is 5.50. The summed E-state index contributed by atoms with van der Waals surface area (Å²) >= 11 is 0. The first-order valence-corrected chi connectivity index (χ1v) is 5.54. The maximum absolute atomic E-state index is 11.2. The first kappa shape index (κ1) is 12.5. The fourth-order valence-corrected chi connectivity index (χ4v) is 1.64. The Morgan fingerprint density at radius 2 is 1.94 bits per heavy atom. The molecule has 2 nitrogen and oxygen atoms in total. The van der Waals surface area contributed by atoms with E-state index in [1.807, 2.05) is 30.3 Å². The second-order valence-corrected chi connectivity index (χ2v) is 4.14. The predicted molar refractivity (Wildman–Crippen MR) is 69.1 cm³/mol. The van der Waals surface area contributed by atoms with E-state index in [-0.39, 0.29) is 5.78 Å². The van der Waals surface area contributed by atoms with E-state index in [9.17, 15) is 4.79 Å². The number of rotatable bonds is 5. The minimum Gasteiger partial charge on any atom is -0.365 e. The fourth-order valence-electron chi connectivity index (χ4n) is 1.64. The van der Waals surface area contributed by atoms with E-state index in [1.165, 1.54) is 0 Å². The lowest BCUT2D eigenvalue weighted by atomic mass is 10.1. The van der Waals surface area contributed by atoms with Crippen LogP contribution >= 0.6 is 0 Å². The molecule has 0 saturated heterocycles. The van der Waals surface area contributed by atoms with E-state index in [2.05, 4.69) is 25.3 Å². The molecule has 86 valence electrons. The molecule has 0 aliphatic heterocycles. The van der Waals surface area contributed by atoms with Crippen LogP contribution in [-0.2, 0) is 0 Å². The zero-order valence-electron chi connectivity index (χ0n) is 10.2. The molecule has 0 atom stereocenters. The van der Waals surface area contributed by atoms with E-state index < -0.39 is 0 Å². The molecule has 1 aromatic carbocycles. The first-order chi connectivity index (χ1) is 7.56. The van der Waals surface area contributed by atoms with Crippen LogP contribution in [0.4, 0.5) is 5.69 Å². The number of hydrogen-bond acceptors (Lipinski definition) is 2. The van der Waals surface area contributed by atoms with Crippen LogP contribution in [0.25, 0.3) is 0 Å². The number of carbonyl (C=O) groups is 1. The van der Waals surface area contributed by atoms with Gasteiger partial charge >= 0.3 is 0 Å². The van der Waals surface area contributed by atoms with Crippen LogP contribution in [0.2, 0.25) is 0 Å². The molecule has 0 radical (unpaired) electrons. The van der Waals surface area contributed by atoms with Gasteiger partial charge in [-0.1, -0.05) is 6.08 Å². The monoisotopic (exact) mass is 217 g/mol. The van der Waals surface area contributed by atoms with Gasteiger partial charge in [0.25, 0.3) is 0 Å². The Morgan fingerprint density at radius 3 is 2.31 bits per heavy atom. The van der Waals surface area contributed by atoms with Gasteiger partial charge < -0.3 is 4.90 Å². The van der Waals surface area contributed by atoms with Crippen molar-refractivity contribution in [2.45, 2.75) is 26.8 Å². The molecular formula is C14H19NO. The topological polar surface area (TPSA) is 20.3 Å². The standard InChI is InChI=1S/C14H19NO/c1-5-10-15(11(2)3)14-8-6-13(7-9-14)12(4)16/h5-9,11H,1,10H2,2-4H3. The lowest BCUT2D eigenvalue weighted by Gasteiger charge is -2.27. The van der Waals surface area contributed by atoms with Gasteiger partial charge in [0.1, 0.15) is 0 Å². The SMILES string of the molecule is C=CCN(c1ccc(C(C)=O)cc1)C(C)C. The average Bonchev–Trinajstić information content (AvgIpc) is 2.25. The molecule has 0 aliphatic carbocycles. The lowest BCUT2D eigenvalue weighted by Crippen LogP contribution is -2.30. The Morgan fingerprint density at radius 1 is 1.38 bits per heavy atom. The highest BCUT2D eigenvalue weighted by molar-refractivity contribution is 5.94. The van der Waals surface area contributed by atoms with E-state index in [0.717, 1.165) is 17.8 Å². The van der Waals surface area contributed by atoms with Gasteiger partial charge in [-0.25, -0.2) is 0 Å². The molecule has 2 heteroatoms. The van der Waals surface area contributed by atoms with Crippen LogP contribution in [0.1, 0.15) is 31.1 Å². The van der Waals surface area contributed by atoms with Crippen molar-refractivity contribution < 1.29 is 4.79 Å². The van der Waals surface area contributed by atoms with Crippen LogP contribution in [0.15, 0.2) is 36.9 Å². The predicted octanol–water partition coefficient (Wildman–Crippen LogP) is 3.29. The lowest BCUT2D eigenvalue weighted by molar-refractivity contribution is 0.101. The molecule has 16 heavy (non-hydrogen) atoms. The summed E-state index contributed by atoms with van der Waals surface area (Å²) in [4.78, 5) is 13.4. The van der Waals surface area contributed by atoms with E-state index >= 15 is 0 Å². The van der Waals surface area contributed by atoms with Crippen LogP contribution in [-0.4, -0.2) is 18.4 Å². The van der Waals surface area contributed by atoms with Crippen molar-refractivity contribution in [3.63, 3.8) is 0 Å². The Bertz CT molecular complexity index is 365. The molecule has 0 aliphatic rings. The maximum atomic E-state index is 11.2. The summed E-state index contributed by atoms with van der Waals surface area (Å²) in [5.41, 5.74) is 1.88. The van der Waals surface area contributed by atoms with Crippen molar-refractivity contribution in [2.75, 3.05) is 11.4 Å². The third kappa shape index (κ3) is 2.96. The molecule has 0 saturated carbocycles. The molecule has 0 spiro atoms. The average molecular weight is 217 g/mol. The summed E-state index contributed by atoms with van der Waals surface area (Å²) in [7, 11) is 0. The normalized spacial score (nSPS) is 10.2. The largest absolute Gasteiger partial charge is 0.365 e. The smallest absolute Gasteiger partial charge is 0.159 e. The molecule has 0 aromatic heterocycles. The van der Waals surface area contributed by atoms with Crippen LogP contribution < -0.4 is 4.90 Å². The highest BCUT2D eigenvalue weighted by atomic mass is 16.1. The quantitative estimate of drug-likeness (QED) is 0.557. The number of nitrogens with zero attached hydrogens (tertiary/aromatic N) is 1. The molecular weight excluding hydrogens is 198 g/mol. The number of hydrogen-bond donors (Lipinski definition) is 0. The summed E-state index contributed by atoms with van der Waals surface area (Å²) in [6, 6.07) is 8.13. The van der Waals surface area contributed by atoms with Crippen molar-refractivity contribution in [2.24, 2.45) is 0 Å². The van der Waals surface area contributed by atoms with Gasteiger partial charge in [-0.2, -0.15) is 0 Å². The summed E-state index contributed by atoms with van der Waals surface area (Å²) in [6.45, 7) is 10.4. The van der Waals surface area contributed by atoms with E-state index in [1.54, 1.807) is 6.92 Å². The molecule has 0 amide bonds. The summed E-state index contributed by atoms with van der Waals surface area (Å²) in [5.74, 6) is 0.103. The van der Waals surface area contributed by atoms with Crippen molar-refractivity contribution in [3.8, 4) is 0 Å². The summed E-state index contributed by atoms with van der Waals surface area (Å²) < 4.78 is 0. The molecule has 0 N–H and O–H groups in total.